The van der Waals surface area contributed by atoms with Crippen molar-refractivity contribution in [2.24, 2.45) is 0 Å². The maximum atomic E-state index is 2.47. The third-order valence-corrected chi connectivity index (χ3v) is 12.6. The minimum absolute atomic E-state index is 0.0615. The van der Waals surface area contributed by atoms with Gasteiger partial charge in [-0.15, -0.1) is 0 Å². The zero-order valence-electron chi connectivity index (χ0n) is 33.8. The van der Waals surface area contributed by atoms with Gasteiger partial charge in [-0.2, -0.15) is 0 Å². The summed E-state index contributed by atoms with van der Waals surface area (Å²) in [6.45, 7) is 6.86. The van der Waals surface area contributed by atoms with Gasteiger partial charge >= 0.3 is 0 Å². The van der Waals surface area contributed by atoms with Crippen LogP contribution in [0.4, 0.5) is 17.1 Å². The molecule has 9 aromatic rings. The second-order valence-electron chi connectivity index (χ2n) is 17.2. The molecule has 2 nitrogen and oxygen atoms in total. The first-order valence-electron chi connectivity index (χ1n) is 21.1. The van der Waals surface area contributed by atoms with Gasteiger partial charge in [0.15, 0.2) is 0 Å². The normalized spacial score (nSPS) is 13.7. The number of rotatable bonds is 7. The molecule has 0 radical (unpaired) electrons. The summed E-state index contributed by atoms with van der Waals surface area (Å²) in [5.41, 5.74) is 15.0. The van der Waals surface area contributed by atoms with Crippen LogP contribution >= 0.6 is 0 Å². The predicted molar refractivity (Wildman–Crippen MR) is 248 cm³/mol. The van der Waals surface area contributed by atoms with Crippen LogP contribution in [-0.2, 0) is 5.41 Å². The molecular weight excluding hydrogens is 701 g/mol. The fourth-order valence-corrected chi connectivity index (χ4v) is 9.69. The number of aromatic nitrogens is 1. The number of anilines is 3. The van der Waals surface area contributed by atoms with Crippen LogP contribution in [0.1, 0.15) is 69.9 Å². The van der Waals surface area contributed by atoms with Crippen LogP contribution < -0.4 is 4.90 Å². The second-order valence-corrected chi connectivity index (χ2v) is 17.2. The van der Waals surface area contributed by atoms with E-state index >= 15 is 0 Å². The average Bonchev–Trinajstić information content (AvgIpc) is 3.62. The van der Waals surface area contributed by atoms with E-state index in [-0.39, 0.29) is 5.41 Å². The molecule has 1 saturated carbocycles. The van der Waals surface area contributed by atoms with Crippen molar-refractivity contribution in [1.29, 1.82) is 0 Å². The number of hydrogen-bond acceptors (Lipinski definition) is 1. The Kier molecular flexibility index (Phi) is 9.21. The summed E-state index contributed by atoms with van der Waals surface area (Å²) in [5, 5.41) is 5.27. The van der Waals surface area contributed by atoms with Crippen molar-refractivity contribution in [1.82, 2.24) is 4.57 Å². The fraction of sp³-hybridized carbons (Fsp3) is 0.179. The van der Waals surface area contributed by atoms with E-state index in [1.54, 1.807) is 0 Å². The number of benzene rings is 8. The zero-order valence-corrected chi connectivity index (χ0v) is 33.8. The minimum atomic E-state index is 0.0615. The Balaban J connectivity index is 1.14. The van der Waals surface area contributed by atoms with Gasteiger partial charge in [-0.05, 0) is 117 Å². The Morgan fingerprint density at radius 2 is 1.09 bits per heavy atom. The third-order valence-electron chi connectivity index (χ3n) is 12.6. The lowest BCUT2D eigenvalue weighted by atomic mass is 9.80. The highest BCUT2D eigenvalue weighted by Crippen LogP contribution is 2.47. The Bertz CT molecular complexity index is 2880. The van der Waals surface area contributed by atoms with E-state index in [1.807, 2.05) is 0 Å². The lowest BCUT2D eigenvalue weighted by Gasteiger charge is -2.30. The van der Waals surface area contributed by atoms with Gasteiger partial charge in [0.1, 0.15) is 0 Å². The quantitative estimate of drug-likeness (QED) is 0.157. The van der Waals surface area contributed by atoms with Crippen LogP contribution in [0.25, 0.3) is 60.5 Å². The summed E-state index contributed by atoms with van der Waals surface area (Å²) in [4.78, 5) is 2.47. The van der Waals surface area contributed by atoms with E-state index in [1.165, 1.54) is 109 Å². The molecule has 284 valence electrons. The van der Waals surface area contributed by atoms with Gasteiger partial charge < -0.3 is 9.47 Å². The van der Waals surface area contributed by atoms with Crippen molar-refractivity contribution < 1.29 is 0 Å². The molecule has 1 heterocycles. The Hall–Kier alpha value is -6.38. The molecule has 8 aromatic carbocycles. The molecule has 1 aromatic heterocycles. The summed E-state index contributed by atoms with van der Waals surface area (Å²) < 4.78 is 2.40. The summed E-state index contributed by atoms with van der Waals surface area (Å²) in [7, 11) is 0. The van der Waals surface area contributed by atoms with Crippen LogP contribution in [-0.4, -0.2) is 4.57 Å². The van der Waals surface area contributed by atoms with Crippen LogP contribution in [0.3, 0.4) is 0 Å². The van der Waals surface area contributed by atoms with Gasteiger partial charge in [0, 0.05) is 33.4 Å². The number of fused-ring (bicyclic) bond motifs is 4. The van der Waals surface area contributed by atoms with Crippen LogP contribution in [0.15, 0.2) is 182 Å². The molecular formula is C56H50N2. The molecule has 0 atom stereocenters. The highest BCUT2D eigenvalue weighted by Gasteiger charge is 2.24. The highest BCUT2D eigenvalue weighted by atomic mass is 15.1. The lowest BCUT2D eigenvalue weighted by Crippen LogP contribution is -2.14. The maximum absolute atomic E-state index is 2.47. The molecule has 1 aliphatic carbocycles. The summed E-state index contributed by atoms with van der Waals surface area (Å²) >= 11 is 0. The van der Waals surface area contributed by atoms with Gasteiger partial charge in [-0.3, -0.25) is 0 Å². The molecule has 1 fully saturated rings. The van der Waals surface area contributed by atoms with Crippen molar-refractivity contribution >= 4 is 49.6 Å². The van der Waals surface area contributed by atoms with E-state index in [0.717, 1.165) is 11.4 Å². The Morgan fingerprint density at radius 3 is 1.84 bits per heavy atom. The summed E-state index contributed by atoms with van der Waals surface area (Å²) in [6, 6.07) is 67.7. The maximum Gasteiger partial charge on any atom is 0.0547 e. The van der Waals surface area contributed by atoms with Crippen LogP contribution in [0, 0.1) is 0 Å². The molecule has 0 N–H and O–H groups in total. The van der Waals surface area contributed by atoms with E-state index in [9.17, 15) is 0 Å². The van der Waals surface area contributed by atoms with Gasteiger partial charge in [0.2, 0.25) is 0 Å². The van der Waals surface area contributed by atoms with Crippen molar-refractivity contribution in [2.75, 3.05) is 4.90 Å². The summed E-state index contributed by atoms with van der Waals surface area (Å²) in [6.07, 6.45) is 6.53. The molecule has 58 heavy (non-hydrogen) atoms. The molecule has 1 aliphatic rings. The van der Waals surface area contributed by atoms with Crippen molar-refractivity contribution in [3.05, 3.63) is 193 Å². The number of nitrogens with zero attached hydrogens (tertiary/aromatic N) is 2. The van der Waals surface area contributed by atoms with Crippen LogP contribution in [0.5, 0.6) is 0 Å². The predicted octanol–water partition coefficient (Wildman–Crippen LogP) is 16.1. The van der Waals surface area contributed by atoms with Crippen molar-refractivity contribution in [2.45, 2.75) is 64.2 Å². The first-order chi connectivity index (χ1) is 28.4. The molecule has 10 rings (SSSR count). The molecule has 2 heteroatoms. The number of hydrogen-bond donors (Lipinski definition) is 0. The molecule has 0 aliphatic heterocycles. The SMILES string of the molecule is CC(C)(C)c1ccc(N(c2ccc(-c3cccc4c3c3ccccc3n4-c3ccccc3)cc2)c2ccccc2-c2cccc3cccc(C4CCCCC4)c23)cc1. The fourth-order valence-electron chi connectivity index (χ4n) is 9.69. The Labute approximate surface area is 343 Å². The largest absolute Gasteiger partial charge is 0.310 e. The topological polar surface area (TPSA) is 8.17 Å². The lowest BCUT2D eigenvalue weighted by molar-refractivity contribution is 0.445. The number of para-hydroxylation sites is 3. The average molecular weight is 751 g/mol. The molecule has 0 spiro atoms. The monoisotopic (exact) mass is 750 g/mol. The van der Waals surface area contributed by atoms with E-state index in [2.05, 4.69) is 212 Å². The van der Waals surface area contributed by atoms with Crippen molar-refractivity contribution in [3.63, 3.8) is 0 Å². The third kappa shape index (κ3) is 6.38. The molecule has 0 unspecified atom stereocenters. The first-order valence-corrected chi connectivity index (χ1v) is 21.1. The van der Waals surface area contributed by atoms with Gasteiger partial charge in [0.25, 0.3) is 0 Å². The molecule has 0 bridgehead atoms. The second kappa shape index (κ2) is 14.8. The van der Waals surface area contributed by atoms with E-state index < -0.39 is 0 Å². The Morgan fingerprint density at radius 1 is 0.483 bits per heavy atom. The first kappa shape index (κ1) is 36.0. The van der Waals surface area contributed by atoms with Gasteiger partial charge in [0.05, 0.1) is 16.7 Å². The van der Waals surface area contributed by atoms with Gasteiger partial charge in [-0.1, -0.05) is 167 Å². The smallest absolute Gasteiger partial charge is 0.0547 e. The standard InChI is InChI=1S/C56H50N2/c1-56(2,3)42-33-37-45(38-34-42)57(51-28-12-10-23-48(51)49-27-15-20-41-19-14-25-46(54(41)49)39-17-6-4-7-18-39)44-35-31-40(32-36-44)47-26-16-30-53-55(47)50-24-11-13-29-52(50)58(53)43-21-8-5-9-22-43/h5,8-16,19-39H,4,6-7,17-18H2,1-3H3. The van der Waals surface area contributed by atoms with Gasteiger partial charge in [-0.25, -0.2) is 0 Å². The van der Waals surface area contributed by atoms with E-state index in [4.69, 9.17) is 0 Å². The highest BCUT2D eigenvalue weighted by molar-refractivity contribution is 6.16. The molecule has 0 saturated heterocycles. The van der Waals surface area contributed by atoms with Crippen molar-refractivity contribution in [3.8, 4) is 27.9 Å². The zero-order chi connectivity index (χ0) is 39.2. The minimum Gasteiger partial charge on any atom is -0.310 e. The summed E-state index contributed by atoms with van der Waals surface area (Å²) in [5.74, 6) is 0.602. The van der Waals surface area contributed by atoms with Crippen LogP contribution in [0.2, 0.25) is 0 Å². The van der Waals surface area contributed by atoms with E-state index in [0.29, 0.717) is 5.92 Å². The molecule has 0 amide bonds.